The van der Waals surface area contributed by atoms with Crippen LogP contribution < -0.4 is 0 Å². The Morgan fingerprint density at radius 1 is 1.38 bits per heavy atom. The largest absolute Gasteiger partial charge is 0.288 e. The van der Waals surface area contributed by atoms with Crippen LogP contribution in [0.4, 0.5) is 0 Å². The predicted octanol–water partition coefficient (Wildman–Crippen LogP) is 0.168. The zero-order chi connectivity index (χ0) is 9.84. The molecule has 0 aromatic carbocycles. The molecule has 0 bridgehead atoms. The zero-order valence-electron chi connectivity index (χ0n) is 7.19. The number of carbonyl (C=O) groups is 2. The Balaban J connectivity index is 2.85. The molecule has 0 unspecified atom stereocenters. The maximum Gasteiger partial charge on any atom is 0.251 e. The molecule has 0 saturated carbocycles. The molecule has 0 N–H and O–H groups in total. The molecule has 0 saturated heterocycles. The van der Waals surface area contributed by atoms with Gasteiger partial charge >= 0.3 is 0 Å². The Morgan fingerprint density at radius 2 is 2.08 bits per heavy atom. The molecular formula is C9H10N2O2. The molecule has 13 heavy (non-hydrogen) atoms. The summed E-state index contributed by atoms with van der Waals surface area (Å²) in [5.41, 5.74) is 0. The number of amides is 1. The van der Waals surface area contributed by atoms with Gasteiger partial charge in [-0.3, -0.25) is 19.5 Å². The van der Waals surface area contributed by atoms with E-state index in [0.717, 1.165) is 12.2 Å². The summed E-state index contributed by atoms with van der Waals surface area (Å²) >= 11 is 0. The van der Waals surface area contributed by atoms with Crippen molar-refractivity contribution in [3.05, 3.63) is 25.3 Å². The Hall–Kier alpha value is -1.71. The highest BCUT2D eigenvalue weighted by molar-refractivity contribution is 6.45. The third-order valence-electron chi connectivity index (χ3n) is 1.69. The number of amidine groups is 1. The maximum atomic E-state index is 11.2. The molecule has 0 fully saturated rings. The van der Waals surface area contributed by atoms with Crippen molar-refractivity contribution in [3.63, 3.8) is 0 Å². The van der Waals surface area contributed by atoms with E-state index in [2.05, 4.69) is 18.2 Å². The Labute approximate surface area is 76.3 Å². The zero-order valence-corrected chi connectivity index (χ0v) is 7.19. The molecule has 0 atom stereocenters. The van der Waals surface area contributed by atoms with E-state index in [-0.39, 0.29) is 17.5 Å². The summed E-state index contributed by atoms with van der Waals surface area (Å²) in [4.78, 5) is 27.6. The Morgan fingerprint density at radius 3 is 2.62 bits per heavy atom. The highest BCUT2D eigenvalue weighted by Gasteiger charge is 2.25. The van der Waals surface area contributed by atoms with Gasteiger partial charge in [-0.05, 0) is 12.2 Å². The summed E-state index contributed by atoms with van der Waals surface area (Å²) in [6.45, 7) is 7.58. The van der Waals surface area contributed by atoms with Crippen LogP contribution in [0.3, 0.4) is 0 Å². The minimum absolute atomic E-state index is 0.167. The van der Waals surface area contributed by atoms with E-state index in [9.17, 15) is 9.59 Å². The number of aliphatic imine (C=N–C) groups is 1. The Kier molecular flexibility index (Phi) is 2.74. The van der Waals surface area contributed by atoms with Crippen LogP contribution in [0.5, 0.6) is 0 Å². The number of rotatable bonds is 3. The first-order valence-corrected chi connectivity index (χ1v) is 3.86. The smallest absolute Gasteiger partial charge is 0.251 e. The normalized spacial score (nSPS) is 15.1. The van der Waals surface area contributed by atoms with Gasteiger partial charge < -0.3 is 0 Å². The van der Waals surface area contributed by atoms with Gasteiger partial charge in [0.25, 0.3) is 5.91 Å². The van der Waals surface area contributed by atoms with Crippen molar-refractivity contribution in [1.82, 2.24) is 4.90 Å². The minimum Gasteiger partial charge on any atom is -0.288 e. The van der Waals surface area contributed by atoms with E-state index in [4.69, 9.17) is 0 Å². The monoisotopic (exact) mass is 178 g/mol. The number of hydrogen-bond donors (Lipinski definition) is 0. The quantitative estimate of drug-likeness (QED) is 0.578. The van der Waals surface area contributed by atoms with Crippen LogP contribution in [-0.4, -0.2) is 35.5 Å². The van der Waals surface area contributed by atoms with Gasteiger partial charge in [0.05, 0.1) is 6.54 Å². The van der Waals surface area contributed by atoms with Crippen LogP contribution >= 0.6 is 0 Å². The van der Waals surface area contributed by atoms with E-state index in [1.807, 2.05) is 0 Å². The third kappa shape index (κ3) is 1.72. The molecule has 0 aliphatic carbocycles. The summed E-state index contributed by atoms with van der Waals surface area (Å²) < 4.78 is 0. The molecule has 4 nitrogen and oxygen atoms in total. The molecule has 1 rings (SSSR count). The lowest BCUT2D eigenvalue weighted by Crippen LogP contribution is -2.36. The van der Waals surface area contributed by atoms with Crippen molar-refractivity contribution >= 4 is 17.5 Å². The topological polar surface area (TPSA) is 49.7 Å². The van der Waals surface area contributed by atoms with E-state index in [0.29, 0.717) is 13.1 Å². The van der Waals surface area contributed by atoms with Crippen LogP contribution in [-0.2, 0) is 9.59 Å². The molecule has 1 aliphatic heterocycles. The fraction of sp³-hybridized carbons (Fsp3) is 0.222. The SMILES string of the molecule is C=CC(=O)C1=NCCN1C(=O)C=C. The van der Waals surface area contributed by atoms with Crippen molar-refractivity contribution in [2.24, 2.45) is 4.99 Å². The second-order valence-corrected chi connectivity index (χ2v) is 2.47. The van der Waals surface area contributed by atoms with Gasteiger partial charge in [0.2, 0.25) is 5.78 Å². The van der Waals surface area contributed by atoms with E-state index in [1.165, 1.54) is 4.90 Å². The summed E-state index contributed by atoms with van der Waals surface area (Å²) in [5.74, 6) is -0.459. The van der Waals surface area contributed by atoms with Gasteiger partial charge in [-0.1, -0.05) is 13.2 Å². The lowest BCUT2D eigenvalue weighted by Gasteiger charge is -2.13. The molecule has 1 heterocycles. The fourth-order valence-electron chi connectivity index (χ4n) is 1.07. The van der Waals surface area contributed by atoms with Gasteiger partial charge in [0.1, 0.15) is 0 Å². The first kappa shape index (κ1) is 9.38. The highest BCUT2D eigenvalue weighted by Crippen LogP contribution is 2.04. The van der Waals surface area contributed by atoms with Crippen LogP contribution in [0.1, 0.15) is 0 Å². The second kappa shape index (κ2) is 3.80. The average molecular weight is 178 g/mol. The summed E-state index contributed by atoms with van der Waals surface area (Å²) in [6.07, 6.45) is 2.31. The molecule has 0 aromatic rings. The van der Waals surface area contributed by atoms with Gasteiger partial charge in [0.15, 0.2) is 5.84 Å². The molecule has 1 aliphatic rings. The molecule has 0 spiro atoms. The number of carbonyl (C=O) groups excluding carboxylic acids is 2. The summed E-state index contributed by atoms with van der Waals surface area (Å²) in [6, 6.07) is 0. The highest BCUT2D eigenvalue weighted by atomic mass is 16.2. The van der Waals surface area contributed by atoms with Crippen LogP contribution in [0.15, 0.2) is 30.3 Å². The van der Waals surface area contributed by atoms with Crippen LogP contribution in [0.2, 0.25) is 0 Å². The molecule has 0 aromatic heterocycles. The van der Waals surface area contributed by atoms with Crippen molar-refractivity contribution in [3.8, 4) is 0 Å². The standard InChI is InChI=1S/C9H10N2O2/c1-3-7(12)9-10-5-6-11(9)8(13)4-2/h3-4H,1-2,5-6H2. The van der Waals surface area contributed by atoms with Crippen molar-refractivity contribution in [2.45, 2.75) is 0 Å². The lowest BCUT2D eigenvalue weighted by molar-refractivity contribution is -0.123. The summed E-state index contributed by atoms with van der Waals surface area (Å²) in [7, 11) is 0. The molecule has 68 valence electrons. The van der Waals surface area contributed by atoms with Crippen molar-refractivity contribution in [2.75, 3.05) is 13.1 Å². The van der Waals surface area contributed by atoms with Crippen molar-refractivity contribution in [1.29, 1.82) is 0 Å². The first-order valence-electron chi connectivity index (χ1n) is 3.86. The van der Waals surface area contributed by atoms with E-state index >= 15 is 0 Å². The molecule has 0 radical (unpaired) electrons. The van der Waals surface area contributed by atoms with Gasteiger partial charge in [-0.15, -0.1) is 0 Å². The van der Waals surface area contributed by atoms with Gasteiger partial charge in [-0.25, -0.2) is 0 Å². The predicted molar refractivity (Wildman–Crippen MR) is 49.4 cm³/mol. The number of nitrogens with zero attached hydrogens (tertiary/aromatic N) is 2. The fourth-order valence-corrected chi connectivity index (χ4v) is 1.07. The van der Waals surface area contributed by atoms with Gasteiger partial charge in [0, 0.05) is 6.54 Å². The maximum absolute atomic E-state index is 11.2. The third-order valence-corrected chi connectivity index (χ3v) is 1.69. The minimum atomic E-state index is -0.326. The number of hydrogen-bond acceptors (Lipinski definition) is 3. The first-order chi connectivity index (χ1) is 6.20. The molecule has 4 heteroatoms. The number of ketones is 1. The van der Waals surface area contributed by atoms with Gasteiger partial charge in [-0.2, -0.15) is 0 Å². The van der Waals surface area contributed by atoms with Crippen LogP contribution in [0.25, 0.3) is 0 Å². The van der Waals surface area contributed by atoms with E-state index in [1.54, 1.807) is 0 Å². The molecular weight excluding hydrogens is 168 g/mol. The van der Waals surface area contributed by atoms with E-state index < -0.39 is 0 Å². The van der Waals surface area contributed by atoms with Crippen molar-refractivity contribution < 1.29 is 9.59 Å². The lowest BCUT2D eigenvalue weighted by atomic mass is 10.3. The summed E-state index contributed by atoms with van der Waals surface area (Å²) in [5, 5.41) is 0. The Bertz CT molecular complexity index is 305. The second-order valence-electron chi connectivity index (χ2n) is 2.47. The average Bonchev–Trinajstić information content (AvgIpc) is 2.63. The molecule has 1 amide bonds. The van der Waals surface area contributed by atoms with Crippen LogP contribution in [0, 0.1) is 0 Å².